The van der Waals surface area contributed by atoms with Gasteiger partial charge < -0.3 is 9.64 Å². The minimum Gasteiger partial charge on any atom is -0.456 e. The summed E-state index contributed by atoms with van der Waals surface area (Å²) in [7, 11) is -3.40. The van der Waals surface area contributed by atoms with E-state index in [1.165, 1.54) is 4.31 Å². The fraction of sp³-hybridized carbons (Fsp3) is 0.391. The zero-order chi connectivity index (χ0) is 22.5. The Hall–Kier alpha value is -2.42. The molecule has 0 aromatic heterocycles. The van der Waals surface area contributed by atoms with E-state index in [0.29, 0.717) is 35.2 Å². The smallest absolute Gasteiger partial charge is 0.218 e. The zero-order valence-electron chi connectivity index (χ0n) is 18.1. The molecular weight excluding hydrogens is 448 g/mol. The summed E-state index contributed by atoms with van der Waals surface area (Å²) in [5.74, 6) is 1.75. The van der Waals surface area contributed by atoms with E-state index in [1.807, 2.05) is 29.4 Å². The number of nitrogens with zero attached hydrogens (tertiary/aromatic N) is 4. The third-order valence-corrected chi connectivity index (χ3v) is 8.11. The molecular formula is C23H25ClN4O3S. The van der Waals surface area contributed by atoms with Crippen LogP contribution in [0.15, 0.2) is 46.4 Å². The van der Waals surface area contributed by atoms with Gasteiger partial charge in [0.15, 0.2) is 0 Å². The first-order valence-corrected chi connectivity index (χ1v) is 12.7. The molecule has 0 bridgehead atoms. The predicted molar refractivity (Wildman–Crippen MR) is 127 cm³/mol. The summed E-state index contributed by atoms with van der Waals surface area (Å²) in [6, 6.07) is 10.9. The first-order chi connectivity index (χ1) is 15.2. The van der Waals surface area contributed by atoms with Crippen molar-refractivity contribution in [1.29, 1.82) is 0 Å². The van der Waals surface area contributed by atoms with Crippen LogP contribution in [0.5, 0.6) is 11.5 Å². The summed E-state index contributed by atoms with van der Waals surface area (Å²) < 4.78 is 33.1. The molecule has 9 heteroatoms. The van der Waals surface area contributed by atoms with E-state index in [-0.39, 0.29) is 11.3 Å². The first kappa shape index (κ1) is 21.4. The Bertz CT molecular complexity index is 1230. The van der Waals surface area contributed by atoms with Crippen LogP contribution in [0.2, 0.25) is 5.02 Å². The van der Waals surface area contributed by atoms with Crippen molar-refractivity contribution in [2.45, 2.75) is 38.0 Å². The maximum atomic E-state index is 12.7. The van der Waals surface area contributed by atoms with Gasteiger partial charge in [0.25, 0.3) is 0 Å². The van der Waals surface area contributed by atoms with Gasteiger partial charge in [0, 0.05) is 18.7 Å². The second kappa shape index (κ2) is 7.86. The van der Waals surface area contributed by atoms with Crippen LogP contribution in [0.1, 0.15) is 37.8 Å². The first-order valence-electron chi connectivity index (χ1n) is 10.7. The van der Waals surface area contributed by atoms with Crippen LogP contribution in [0, 0.1) is 0 Å². The molecule has 3 aliphatic rings. The number of fused-ring (bicyclic) bond motifs is 3. The standard InChI is InChI=1S/C23H25ClN4O3S/c1-23(2)14-27-15-25-19-9-8-17(12-18(19)22(27)26-23)31-20-7-5-6-16(21(20)24)13-32(29,30)28-10-3-4-11-28/h5-9,12,15H,3-4,10-11,13-14H2,1-2H3. The Kier molecular flexibility index (Phi) is 5.27. The van der Waals surface area contributed by atoms with Crippen molar-refractivity contribution in [2.24, 2.45) is 9.98 Å². The number of aliphatic imine (C=N–C) groups is 2. The zero-order valence-corrected chi connectivity index (χ0v) is 19.7. The van der Waals surface area contributed by atoms with Crippen LogP contribution in [0.4, 0.5) is 5.69 Å². The van der Waals surface area contributed by atoms with E-state index < -0.39 is 10.0 Å². The number of ether oxygens (including phenoxy) is 1. The summed E-state index contributed by atoms with van der Waals surface area (Å²) in [4.78, 5) is 11.4. The predicted octanol–water partition coefficient (Wildman–Crippen LogP) is 4.57. The highest BCUT2D eigenvalue weighted by atomic mass is 35.5. The molecule has 0 spiro atoms. The highest BCUT2D eigenvalue weighted by Gasteiger charge is 2.34. The van der Waals surface area contributed by atoms with Crippen molar-refractivity contribution in [3.05, 3.63) is 52.5 Å². The lowest BCUT2D eigenvalue weighted by Gasteiger charge is -2.22. The monoisotopic (exact) mass is 472 g/mol. The molecule has 0 aliphatic carbocycles. The Morgan fingerprint density at radius 1 is 1.16 bits per heavy atom. The Labute approximate surface area is 193 Å². The second-order valence-corrected chi connectivity index (χ2v) is 11.3. The minimum atomic E-state index is -3.40. The Morgan fingerprint density at radius 2 is 1.94 bits per heavy atom. The number of hydrogen-bond acceptors (Lipinski definition) is 6. The quantitative estimate of drug-likeness (QED) is 0.638. The van der Waals surface area contributed by atoms with Gasteiger partial charge in [-0.3, -0.25) is 4.99 Å². The average molecular weight is 473 g/mol. The summed E-state index contributed by atoms with van der Waals surface area (Å²) in [5, 5.41) is 0.312. The van der Waals surface area contributed by atoms with Gasteiger partial charge in [-0.25, -0.2) is 17.7 Å². The van der Waals surface area contributed by atoms with Crippen molar-refractivity contribution < 1.29 is 13.2 Å². The lowest BCUT2D eigenvalue weighted by Crippen LogP contribution is -2.33. The summed E-state index contributed by atoms with van der Waals surface area (Å²) in [6.45, 7) is 6.11. The third-order valence-electron chi connectivity index (χ3n) is 5.85. The SMILES string of the molecule is CC1(C)CN2C=Nc3ccc(Oc4cccc(CS(=O)(=O)N5CCCC5)c4Cl)cc3C2=N1. The van der Waals surface area contributed by atoms with E-state index in [2.05, 4.69) is 18.8 Å². The molecule has 0 amide bonds. The molecule has 2 aromatic rings. The second-order valence-electron chi connectivity index (χ2n) is 8.99. The average Bonchev–Trinajstić information content (AvgIpc) is 3.38. The van der Waals surface area contributed by atoms with Gasteiger partial charge in [-0.05, 0) is 56.5 Å². The van der Waals surface area contributed by atoms with Crippen LogP contribution < -0.4 is 4.74 Å². The van der Waals surface area contributed by atoms with Crippen LogP contribution in [0.25, 0.3) is 0 Å². The van der Waals surface area contributed by atoms with Gasteiger partial charge in [0.1, 0.15) is 17.3 Å². The van der Waals surface area contributed by atoms with Gasteiger partial charge in [0.05, 0.1) is 34.9 Å². The molecule has 0 unspecified atom stereocenters. The van der Waals surface area contributed by atoms with Crippen molar-refractivity contribution in [2.75, 3.05) is 19.6 Å². The summed E-state index contributed by atoms with van der Waals surface area (Å²) in [5.41, 5.74) is 2.09. The van der Waals surface area contributed by atoms with Gasteiger partial charge in [0.2, 0.25) is 10.0 Å². The summed E-state index contributed by atoms with van der Waals surface area (Å²) >= 11 is 6.58. The molecule has 3 heterocycles. The third kappa shape index (κ3) is 4.02. The molecule has 1 fully saturated rings. The molecule has 0 radical (unpaired) electrons. The van der Waals surface area contributed by atoms with E-state index in [1.54, 1.807) is 18.2 Å². The molecule has 5 rings (SSSR count). The molecule has 0 atom stereocenters. The van der Waals surface area contributed by atoms with Crippen LogP contribution >= 0.6 is 11.6 Å². The molecule has 1 saturated heterocycles. The van der Waals surface area contributed by atoms with Gasteiger partial charge >= 0.3 is 0 Å². The fourth-order valence-corrected chi connectivity index (χ4v) is 6.26. The summed E-state index contributed by atoms with van der Waals surface area (Å²) in [6.07, 6.45) is 3.62. The van der Waals surface area contributed by atoms with E-state index in [0.717, 1.165) is 36.5 Å². The van der Waals surface area contributed by atoms with Gasteiger partial charge in [-0.15, -0.1) is 0 Å². The van der Waals surface area contributed by atoms with Crippen molar-refractivity contribution >= 4 is 39.5 Å². The fourth-order valence-electron chi connectivity index (χ4n) is 4.32. The maximum absolute atomic E-state index is 12.7. The normalized spacial score (nSPS) is 19.6. The molecule has 168 valence electrons. The van der Waals surface area contributed by atoms with Crippen molar-refractivity contribution in [3.8, 4) is 11.5 Å². The molecule has 7 nitrogen and oxygen atoms in total. The van der Waals surface area contributed by atoms with Crippen LogP contribution in [-0.2, 0) is 15.8 Å². The van der Waals surface area contributed by atoms with Gasteiger partial charge in [-0.2, -0.15) is 0 Å². The van der Waals surface area contributed by atoms with Crippen LogP contribution in [0.3, 0.4) is 0 Å². The Balaban J connectivity index is 1.42. The van der Waals surface area contributed by atoms with E-state index in [9.17, 15) is 8.42 Å². The maximum Gasteiger partial charge on any atom is 0.218 e. The number of hydrogen-bond donors (Lipinski definition) is 0. The number of rotatable bonds is 5. The lowest BCUT2D eigenvalue weighted by atomic mass is 10.1. The van der Waals surface area contributed by atoms with E-state index >= 15 is 0 Å². The molecule has 0 saturated carbocycles. The molecule has 0 N–H and O–H groups in total. The number of amidine groups is 1. The van der Waals surface area contributed by atoms with Crippen molar-refractivity contribution in [1.82, 2.24) is 9.21 Å². The number of halogens is 1. The van der Waals surface area contributed by atoms with E-state index in [4.69, 9.17) is 21.3 Å². The molecule has 3 aliphatic heterocycles. The molecule has 2 aromatic carbocycles. The van der Waals surface area contributed by atoms with Gasteiger partial charge in [-0.1, -0.05) is 23.7 Å². The highest BCUT2D eigenvalue weighted by Crippen LogP contribution is 2.37. The highest BCUT2D eigenvalue weighted by molar-refractivity contribution is 7.88. The Morgan fingerprint density at radius 3 is 2.72 bits per heavy atom. The van der Waals surface area contributed by atoms with Crippen LogP contribution in [-0.4, -0.2) is 55.0 Å². The number of sulfonamides is 1. The largest absolute Gasteiger partial charge is 0.456 e. The number of benzene rings is 2. The van der Waals surface area contributed by atoms with Crippen molar-refractivity contribution in [3.63, 3.8) is 0 Å². The molecule has 32 heavy (non-hydrogen) atoms. The lowest BCUT2D eigenvalue weighted by molar-refractivity contribution is 0.475. The topological polar surface area (TPSA) is 74.6 Å². The minimum absolute atomic E-state index is 0.136.